The zero-order valence-corrected chi connectivity index (χ0v) is 6.17. The third kappa shape index (κ3) is 5.17. The summed E-state index contributed by atoms with van der Waals surface area (Å²) in [5.41, 5.74) is 0. The molecule has 0 aromatic rings. The fourth-order valence-corrected chi connectivity index (χ4v) is 0.871. The monoisotopic (exact) mass is 176 g/mol. The first-order chi connectivity index (χ1) is 5.12. The van der Waals surface area contributed by atoms with Crippen LogP contribution < -0.4 is 0 Å². The van der Waals surface area contributed by atoms with Gasteiger partial charge >= 0.3 is 0 Å². The van der Waals surface area contributed by atoms with Crippen LogP contribution in [0.5, 0.6) is 0 Å². The SMILES string of the molecule is O=C=NCS(=O)(=O)CN=C=O. The summed E-state index contributed by atoms with van der Waals surface area (Å²) in [6, 6.07) is 0. The normalized spacial score (nSPS) is 9.45. The first kappa shape index (κ1) is 9.71. The molecule has 0 aromatic carbocycles. The van der Waals surface area contributed by atoms with Crippen molar-refractivity contribution in [2.45, 2.75) is 0 Å². The molecule has 7 heteroatoms. The summed E-state index contributed by atoms with van der Waals surface area (Å²) in [5.74, 6) is -1.39. The van der Waals surface area contributed by atoms with Gasteiger partial charge in [-0.05, 0) is 0 Å². The molecule has 0 aliphatic heterocycles. The van der Waals surface area contributed by atoms with Crippen LogP contribution >= 0.6 is 0 Å². The van der Waals surface area contributed by atoms with Gasteiger partial charge in [0.15, 0.2) is 21.6 Å². The van der Waals surface area contributed by atoms with E-state index in [9.17, 15) is 18.0 Å². The highest BCUT2D eigenvalue weighted by atomic mass is 32.2. The summed E-state index contributed by atoms with van der Waals surface area (Å²) < 4.78 is 21.2. The lowest BCUT2D eigenvalue weighted by atomic mass is 11.3. The molecule has 0 saturated carbocycles. The highest BCUT2D eigenvalue weighted by Gasteiger charge is 2.07. The van der Waals surface area contributed by atoms with Crippen molar-refractivity contribution in [3.05, 3.63) is 0 Å². The number of hydrogen-bond donors (Lipinski definition) is 0. The highest BCUT2D eigenvalue weighted by Crippen LogP contribution is 1.89. The maximum atomic E-state index is 10.6. The van der Waals surface area contributed by atoms with Crippen molar-refractivity contribution in [3.63, 3.8) is 0 Å². The van der Waals surface area contributed by atoms with Crippen molar-refractivity contribution in [2.75, 3.05) is 11.8 Å². The topological polar surface area (TPSA) is 93.0 Å². The smallest absolute Gasteiger partial charge is 0.225 e. The van der Waals surface area contributed by atoms with E-state index in [0.717, 1.165) is 12.2 Å². The lowest BCUT2D eigenvalue weighted by molar-refractivity contribution is 0.561. The van der Waals surface area contributed by atoms with Gasteiger partial charge in [-0.15, -0.1) is 0 Å². The molecule has 0 fully saturated rings. The van der Waals surface area contributed by atoms with Gasteiger partial charge in [0.1, 0.15) is 0 Å². The number of hydrogen-bond acceptors (Lipinski definition) is 6. The third-order valence-corrected chi connectivity index (χ3v) is 1.70. The maximum absolute atomic E-state index is 10.6. The minimum atomic E-state index is -3.56. The van der Waals surface area contributed by atoms with Gasteiger partial charge in [-0.1, -0.05) is 0 Å². The molecule has 0 rings (SSSR count). The minimum Gasteiger partial charge on any atom is -0.225 e. The highest BCUT2D eigenvalue weighted by molar-refractivity contribution is 7.91. The van der Waals surface area contributed by atoms with Crippen molar-refractivity contribution >= 4 is 22.0 Å². The molecule has 0 unspecified atom stereocenters. The van der Waals surface area contributed by atoms with Crippen molar-refractivity contribution < 1.29 is 18.0 Å². The van der Waals surface area contributed by atoms with Gasteiger partial charge in [-0.3, -0.25) is 0 Å². The van der Waals surface area contributed by atoms with Gasteiger partial charge in [0.25, 0.3) is 0 Å². The fourth-order valence-electron chi connectivity index (χ4n) is 0.290. The second-order valence-electron chi connectivity index (χ2n) is 1.50. The van der Waals surface area contributed by atoms with Crippen LogP contribution in [0.4, 0.5) is 0 Å². The zero-order chi connectivity index (χ0) is 8.74. The Morgan fingerprint density at radius 1 is 1.00 bits per heavy atom. The zero-order valence-electron chi connectivity index (χ0n) is 5.35. The molecule has 0 N–H and O–H groups in total. The van der Waals surface area contributed by atoms with Gasteiger partial charge in [-0.25, -0.2) is 18.0 Å². The van der Waals surface area contributed by atoms with Crippen molar-refractivity contribution in [2.24, 2.45) is 9.98 Å². The van der Waals surface area contributed by atoms with E-state index in [4.69, 9.17) is 0 Å². The molecule has 0 atom stereocenters. The number of isocyanates is 2. The van der Waals surface area contributed by atoms with Gasteiger partial charge in [0, 0.05) is 0 Å². The number of sulfone groups is 1. The number of carbonyl (C=O) groups excluding carboxylic acids is 2. The van der Waals surface area contributed by atoms with Crippen LogP contribution in [-0.4, -0.2) is 32.3 Å². The molecule has 0 spiro atoms. The Hall–Kier alpha value is -1.29. The Labute approximate surface area is 62.6 Å². The molecular formula is C4H4N2O4S. The molecule has 0 aliphatic rings. The van der Waals surface area contributed by atoms with Crippen LogP contribution in [0.2, 0.25) is 0 Å². The lowest BCUT2D eigenvalue weighted by Gasteiger charge is -1.89. The number of nitrogens with zero attached hydrogens (tertiary/aromatic N) is 2. The average Bonchev–Trinajstić information content (AvgIpc) is 1.97. The number of rotatable bonds is 4. The quantitative estimate of drug-likeness (QED) is 0.405. The summed E-state index contributed by atoms with van der Waals surface area (Å²) in [4.78, 5) is 24.5. The molecule has 60 valence electrons. The van der Waals surface area contributed by atoms with E-state index < -0.39 is 21.6 Å². The van der Waals surface area contributed by atoms with Gasteiger partial charge < -0.3 is 0 Å². The molecule has 0 heterocycles. The summed E-state index contributed by atoms with van der Waals surface area (Å²) >= 11 is 0. The molecule has 0 amide bonds. The molecule has 0 bridgehead atoms. The molecule has 0 radical (unpaired) electrons. The Bertz CT molecular complexity index is 281. The van der Waals surface area contributed by atoms with E-state index in [0.29, 0.717) is 0 Å². The van der Waals surface area contributed by atoms with E-state index >= 15 is 0 Å². The van der Waals surface area contributed by atoms with Gasteiger partial charge in [0.05, 0.1) is 0 Å². The van der Waals surface area contributed by atoms with Gasteiger partial charge in [-0.2, -0.15) is 9.98 Å². The Balaban J connectivity index is 4.23. The predicted molar refractivity (Wildman–Crippen MR) is 34.9 cm³/mol. The molecular weight excluding hydrogens is 172 g/mol. The van der Waals surface area contributed by atoms with Crippen LogP contribution in [-0.2, 0) is 19.4 Å². The van der Waals surface area contributed by atoms with E-state index in [-0.39, 0.29) is 0 Å². The largest absolute Gasteiger partial charge is 0.235 e. The van der Waals surface area contributed by atoms with Crippen LogP contribution in [0.25, 0.3) is 0 Å². The Kier molecular flexibility index (Phi) is 3.98. The Morgan fingerprint density at radius 3 is 1.64 bits per heavy atom. The first-order valence-electron chi connectivity index (χ1n) is 2.40. The third-order valence-electron chi connectivity index (χ3n) is 0.652. The second kappa shape index (κ2) is 4.51. The van der Waals surface area contributed by atoms with Crippen LogP contribution in [0, 0.1) is 0 Å². The summed E-state index contributed by atoms with van der Waals surface area (Å²) in [7, 11) is -3.56. The standard InChI is InChI=1S/C4H4N2O4S/c7-1-5-3-11(9,10)4-6-2-8/h3-4H2. The maximum Gasteiger partial charge on any atom is 0.235 e. The summed E-state index contributed by atoms with van der Waals surface area (Å²) in [6.07, 6.45) is 2.11. The molecule has 6 nitrogen and oxygen atoms in total. The van der Waals surface area contributed by atoms with Crippen LogP contribution in [0.3, 0.4) is 0 Å². The van der Waals surface area contributed by atoms with Crippen LogP contribution in [0.15, 0.2) is 9.98 Å². The molecule has 0 aliphatic carbocycles. The second-order valence-corrected chi connectivity index (χ2v) is 3.50. The van der Waals surface area contributed by atoms with E-state index in [1.807, 2.05) is 0 Å². The van der Waals surface area contributed by atoms with Gasteiger partial charge in [0.2, 0.25) is 12.2 Å². The van der Waals surface area contributed by atoms with Crippen molar-refractivity contribution in [1.29, 1.82) is 0 Å². The summed E-state index contributed by atoms with van der Waals surface area (Å²) in [6.45, 7) is 0. The van der Waals surface area contributed by atoms with E-state index in [1.165, 1.54) is 0 Å². The van der Waals surface area contributed by atoms with Crippen molar-refractivity contribution in [3.8, 4) is 0 Å². The molecule has 0 aromatic heterocycles. The van der Waals surface area contributed by atoms with E-state index in [2.05, 4.69) is 9.98 Å². The Morgan fingerprint density at radius 2 is 1.36 bits per heavy atom. The van der Waals surface area contributed by atoms with Crippen LogP contribution in [0.1, 0.15) is 0 Å². The minimum absolute atomic E-state index is 0.693. The first-order valence-corrected chi connectivity index (χ1v) is 4.22. The van der Waals surface area contributed by atoms with E-state index in [1.54, 1.807) is 0 Å². The summed E-state index contributed by atoms with van der Waals surface area (Å²) in [5, 5.41) is 0. The predicted octanol–water partition coefficient (Wildman–Crippen LogP) is -1.01. The average molecular weight is 176 g/mol. The van der Waals surface area contributed by atoms with Crippen molar-refractivity contribution in [1.82, 2.24) is 0 Å². The molecule has 11 heavy (non-hydrogen) atoms. The lowest BCUT2D eigenvalue weighted by Crippen LogP contribution is -2.07. The fraction of sp³-hybridized carbons (Fsp3) is 0.500. The number of aliphatic imine (C=N–C) groups is 2. The molecule has 0 saturated heterocycles.